The number of tetrazole rings is 1. The van der Waals surface area contributed by atoms with Gasteiger partial charge in [-0.2, -0.15) is 4.80 Å². The molecule has 2 aromatic rings. The van der Waals surface area contributed by atoms with E-state index in [0.29, 0.717) is 6.54 Å². The van der Waals surface area contributed by atoms with Gasteiger partial charge in [-0.15, -0.1) is 11.7 Å². The first-order valence-electron chi connectivity index (χ1n) is 5.08. The molecule has 0 bridgehead atoms. The second-order valence-electron chi connectivity index (χ2n) is 3.38. The van der Waals surface area contributed by atoms with Gasteiger partial charge in [0, 0.05) is 0 Å². The topological polar surface area (TPSA) is 89.8 Å². The van der Waals surface area contributed by atoms with Crippen molar-refractivity contribution in [2.24, 2.45) is 0 Å². The Balaban J connectivity index is 2.20. The molecule has 0 atom stereocenters. The first-order chi connectivity index (χ1) is 8.62. The highest BCUT2D eigenvalue weighted by Crippen LogP contribution is 2.11. The van der Waals surface area contributed by atoms with E-state index in [1.807, 2.05) is 0 Å². The maximum absolute atomic E-state index is 11.9. The lowest BCUT2D eigenvalue weighted by Gasteiger charge is -2.02. The number of benzene rings is 1. The fourth-order valence-corrected chi connectivity index (χ4v) is 2.21. The van der Waals surface area contributed by atoms with E-state index < -0.39 is 10.0 Å². The number of hydrogen-bond donors (Lipinski definition) is 1. The Bertz CT molecular complexity index is 635. The van der Waals surface area contributed by atoms with Gasteiger partial charge in [0.05, 0.1) is 11.4 Å². The number of sulfonamides is 1. The van der Waals surface area contributed by atoms with Crippen molar-refractivity contribution in [2.45, 2.75) is 11.4 Å². The van der Waals surface area contributed by atoms with Gasteiger partial charge in [-0.1, -0.05) is 29.4 Å². The molecule has 0 aliphatic heterocycles. The van der Waals surface area contributed by atoms with Gasteiger partial charge in [0.25, 0.3) is 16.0 Å². The zero-order valence-corrected chi connectivity index (χ0v) is 10.2. The van der Waals surface area contributed by atoms with Gasteiger partial charge >= 0.3 is 0 Å². The van der Waals surface area contributed by atoms with E-state index in [1.54, 1.807) is 24.3 Å². The van der Waals surface area contributed by atoms with Gasteiger partial charge in [0.2, 0.25) is 0 Å². The molecule has 0 amide bonds. The summed E-state index contributed by atoms with van der Waals surface area (Å²) in [5.41, 5.74) is 0. The van der Waals surface area contributed by atoms with Crippen LogP contribution in [0.5, 0.6) is 0 Å². The second kappa shape index (κ2) is 4.96. The van der Waals surface area contributed by atoms with E-state index >= 15 is 0 Å². The molecule has 2 rings (SSSR count). The normalized spacial score (nSPS) is 11.1. The summed E-state index contributed by atoms with van der Waals surface area (Å²) in [6.45, 7) is 3.88. The van der Waals surface area contributed by atoms with Crippen LogP contribution in [0.2, 0.25) is 0 Å². The molecule has 1 aromatic carbocycles. The van der Waals surface area contributed by atoms with E-state index in [2.05, 4.69) is 26.7 Å². The van der Waals surface area contributed by atoms with Crippen molar-refractivity contribution in [2.75, 3.05) is 4.72 Å². The quantitative estimate of drug-likeness (QED) is 0.802. The summed E-state index contributed by atoms with van der Waals surface area (Å²) in [5, 5.41) is 11.1. The van der Waals surface area contributed by atoms with Gasteiger partial charge in [-0.05, 0) is 17.3 Å². The number of nitrogens with zero attached hydrogens (tertiary/aromatic N) is 4. The van der Waals surface area contributed by atoms with Crippen LogP contribution in [0.3, 0.4) is 0 Å². The Morgan fingerprint density at radius 2 is 2.06 bits per heavy atom. The molecule has 1 heterocycles. The smallest absolute Gasteiger partial charge is 0.245 e. The van der Waals surface area contributed by atoms with E-state index in [-0.39, 0.29) is 10.8 Å². The molecule has 0 aliphatic rings. The van der Waals surface area contributed by atoms with Crippen LogP contribution in [-0.2, 0) is 16.6 Å². The maximum Gasteiger partial charge on any atom is 0.277 e. The van der Waals surface area contributed by atoms with Crippen LogP contribution in [0.25, 0.3) is 0 Å². The molecule has 0 unspecified atom stereocenters. The summed E-state index contributed by atoms with van der Waals surface area (Å²) >= 11 is 0. The largest absolute Gasteiger partial charge is 0.277 e. The van der Waals surface area contributed by atoms with Crippen LogP contribution in [-0.4, -0.2) is 28.6 Å². The SMILES string of the molecule is C=CCn1nnc(NS(=O)(=O)c2ccccc2)n1. The van der Waals surface area contributed by atoms with E-state index in [4.69, 9.17) is 0 Å². The summed E-state index contributed by atoms with van der Waals surface area (Å²) in [6.07, 6.45) is 1.58. The first kappa shape index (κ1) is 12.2. The molecule has 0 fully saturated rings. The molecule has 1 N–H and O–H groups in total. The van der Waals surface area contributed by atoms with Crippen molar-refractivity contribution >= 4 is 16.0 Å². The molecule has 8 heteroatoms. The summed E-state index contributed by atoms with van der Waals surface area (Å²) in [6, 6.07) is 7.97. The van der Waals surface area contributed by atoms with Gasteiger partial charge in [0.1, 0.15) is 0 Å². The molecule has 0 saturated carbocycles. The van der Waals surface area contributed by atoms with Crippen LogP contribution in [0.1, 0.15) is 0 Å². The van der Waals surface area contributed by atoms with E-state index in [9.17, 15) is 8.42 Å². The van der Waals surface area contributed by atoms with Gasteiger partial charge in [-0.3, -0.25) is 0 Å². The standard InChI is InChI=1S/C10H11N5O2S/c1-2-8-15-12-10(11-14-15)13-18(16,17)9-6-4-3-5-7-9/h2-7H,1,8H2,(H,12,13). The maximum atomic E-state index is 11.9. The third-order valence-electron chi connectivity index (χ3n) is 2.02. The van der Waals surface area contributed by atoms with E-state index in [1.165, 1.54) is 16.9 Å². The van der Waals surface area contributed by atoms with Gasteiger partial charge < -0.3 is 0 Å². The minimum Gasteiger partial charge on any atom is -0.245 e. The molecule has 0 aliphatic carbocycles. The summed E-state index contributed by atoms with van der Waals surface area (Å²) in [5.74, 6) is -0.0688. The van der Waals surface area contributed by atoms with E-state index in [0.717, 1.165) is 0 Å². The molecule has 0 saturated heterocycles. The molecule has 18 heavy (non-hydrogen) atoms. The van der Waals surface area contributed by atoms with Crippen LogP contribution < -0.4 is 4.72 Å². The molecule has 94 valence electrons. The molecule has 7 nitrogen and oxygen atoms in total. The lowest BCUT2D eigenvalue weighted by molar-refractivity contribution is 0.583. The predicted molar refractivity (Wildman–Crippen MR) is 65.3 cm³/mol. The van der Waals surface area contributed by atoms with Crippen LogP contribution in [0.4, 0.5) is 5.95 Å². The zero-order chi connectivity index (χ0) is 13.0. The average molecular weight is 265 g/mol. The number of allylic oxidation sites excluding steroid dienone is 1. The molecule has 0 spiro atoms. The lowest BCUT2D eigenvalue weighted by Crippen LogP contribution is -2.14. The molecular weight excluding hydrogens is 254 g/mol. The monoisotopic (exact) mass is 265 g/mol. The Morgan fingerprint density at radius 3 is 2.72 bits per heavy atom. The highest BCUT2D eigenvalue weighted by Gasteiger charge is 2.16. The Kier molecular flexibility index (Phi) is 3.38. The first-order valence-corrected chi connectivity index (χ1v) is 6.57. The Hall–Kier alpha value is -2.22. The summed E-state index contributed by atoms with van der Waals surface area (Å²) in [7, 11) is -3.67. The van der Waals surface area contributed by atoms with Crippen LogP contribution >= 0.6 is 0 Å². The minimum absolute atomic E-state index is 0.0688. The van der Waals surface area contributed by atoms with Crippen molar-refractivity contribution in [1.29, 1.82) is 0 Å². The van der Waals surface area contributed by atoms with Crippen molar-refractivity contribution in [1.82, 2.24) is 20.2 Å². The van der Waals surface area contributed by atoms with Crippen molar-refractivity contribution in [3.05, 3.63) is 43.0 Å². The predicted octanol–water partition coefficient (Wildman–Crippen LogP) is 0.660. The second-order valence-corrected chi connectivity index (χ2v) is 5.06. The van der Waals surface area contributed by atoms with Crippen LogP contribution in [0.15, 0.2) is 47.9 Å². The third-order valence-corrected chi connectivity index (χ3v) is 3.37. The van der Waals surface area contributed by atoms with Crippen molar-refractivity contribution in [3.8, 4) is 0 Å². The number of anilines is 1. The molecule has 0 radical (unpaired) electrons. The van der Waals surface area contributed by atoms with Gasteiger partial charge in [-0.25, -0.2) is 13.1 Å². The van der Waals surface area contributed by atoms with Crippen LogP contribution in [0, 0.1) is 0 Å². The fraction of sp³-hybridized carbons (Fsp3) is 0.100. The number of hydrogen-bond acceptors (Lipinski definition) is 5. The highest BCUT2D eigenvalue weighted by atomic mass is 32.2. The number of aromatic nitrogens is 4. The molecular formula is C10H11N5O2S. The van der Waals surface area contributed by atoms with Crippen molar-refractivity contribution < 1.29 is 8.42 Å². The average Bonchev–Trinajstić information content (AvgIpc) is 2.77. The zero-order valence-electron chi connectivity index (χ0n) is 9.39. The summed E-state index contributed by atoms with van der Waals surface area (Å²) < 4.78 is 26.1. The number of rotatable bonds is 5. The lowest BCUT2D eigenvalue weighted by atomic mass is 10.4. The highest BCUT2D eigenvalue weighted by molar-refractivity contribution is 7.92. The Morgan fingerprint density at radius 1 is 1.33 bits per heavy atom. The number of nitrogens with one attached hydrogen (secondary N) is 1. The molecule has 1 aromatic heterocycles. The summed E-state index contributed by atoms with van der Waals surface area (Å²) in [4.78, 5) is 1.38. The third kappa shape index (κ3) is 2.72. The fourth-order valence-electron chi connectivity index (χ4n) is 1.26. The minimum atomic E-state index is -3.67. The van der Waals surface area contributed by atoms with Crippen molar-refractivity contribution in [3.63, 3.8) is 0 Å². The Labute approximate surface area is 104 Å². The van der Waals surface area contributed by atoms with Gasteiger partial charge in [0.15, 0.2) is 0 Å².